The summed E-state index contributed by atoms with van der Waals surface area (Å²) in [7, 11) is 0. The van der Waals surface area contributed by atoms with Crippen LogP contribution in [0.4, 0.5) is 0 Å². The van der Waals surface area contributed by atoms with Crippen molar-refractivity contribution < 1.29 is 0 Å². The van der Waals surface area contributed by atoms with E-state index in [-0.39, 0.29) is 0 Å². The largest absolute Gasteiger partial charge is 0.308 e. The molecular formula is C19H28N2. The second-order valence-electron chi connectivity index (χ2n) is 7.60. The summed E-state index contributed by atoms with van der Waals surface area (Å²) in [5.41, 5.74) is 3.41. The summed E-state index contributed by atoms with van der Waals surface area (Å²) in [6, 6.07) is 9.71. The van der Waals surface area contributed by atoms with Crippen molar-refractivity contribution in [2.24, 2.45) is 5.92 Å². The van der Waals surface area contributed by atoms with Gasteiger partial charge in [-0.3, -0.25) is 4.90 Å². The Morgan fingerprint density at radius 3 is 2.67 bits per heavy atom. The number of benzene rings is 1. The molecule has 2 saturated carbocycles. The Labute approximate surface area is 128 Å². The third-order valence-corrected chi connectivity index (χ3v) is 6.02. The zero-order valence-corrected chi connectivity index (χ0v) is 13.3. The van der Waals surface area contributed by atoms with Gasteiger partial charge >= 0.3 is 0 Å². The fourth-order valence-corrected chi connectivity index (χ4v) is 4.52. The van der Waals surface area contributed by atoms with Crippen LogP contribution in [0.2, 0.25) is 0 Å². The minimum atomic E-state index is 0.439. The second-order valence-corrected chi connectivity index (χ2v) is 7.60. The van der Waals surface area contributed by atoms with E-state index < -0.39 is 0 Å². The minimum Gasteiger partial charge on any atom is -0.308 e. The first-order valence-electron chi connectivity index (χ1n) is 8.79. The van der Waals surface area contributed by atoms with Crippen LogP contribution in [-0.2, 0) is 6.54 Å². The highest BCUT2D eigenvalue weighted by Crippen LogP contribution is 2.41. The predicted molar refractivity (Wildman–Crippen MR) is 87.3 cm³/mol. The number of piperazine rings is 1. The van der Waals surface area contributed by atoms with Gasteiger partial charge < -0.3 is 5.32 Å². The molecule has 3 aliphatic rings. The quantitative estimate of drug-likeness (QED) is 0.914. The Balaban J connectivity index is 1.54. The van der Waals surface area contributed by atoms with Crippen molar-refractivity contribution in [2.75, 3.05) is 13.1 Å². The second kappa shape index (κ2) is 5.40. The molecule has 2 heteroatoms. The first-order valence-corrected chi connectivity index (χ1v) is 8.79. The van der Waals surface area contributed by atoms with Crippen LogP contribution in [-0.4, -0.2) is 29.6 Å². The van der Waals surface area contributed by atoms with Crippen LogP contribution in [0.5, 0.6) is 0 Å². The highest BCUT2D eigenvalue weighted by molar-refractivity contribution is 5.26. The Morgan fingerprint density at radius 1 is 1.19 bits per heavy atom. The standard InChI is InChI=1S/C19H28N2/c1-15-6-2-3-7-17(15)13-21-14-19(10-4-5-11-19)20-12-18(21)16-8-9-16/h2-3,6-7,16,18,20H,4-5,8-14H2,1H3. The van der Waals surface area contributed by atoms with Crippen LogP contribution in [0.3, 0.4) is 0 Å². The van der Waals surface area contributed by atoms with Gasteiger partial charge in [-0.25, -0.2) is 0 Å². The lowest BCUT2D eigenvalue weighted by Crippen LogP contribution is -2.63. The van der Waals surface area contributed by atoms with E-state index in [0.717, 1.165) is 18.5 Å². The van der Waals surface area contributed by atoms with Crippen molar-refractivity contribution in [1.29, 1.82) is 0 Å². The number of aryl methyl sites for hydroxylation is 1. The zero-order valence-electron chi connectivity index (χ0n) is 13.3. The summed E-state index contributed by atoms with van der Waals surface area (Å²) in [5.74, 6) is 0.959. The third-order valence-electron chi connectivity index (χ3n) is 6.02. The molecule has 1 heterocycles. The average molecular weight is 284 g/mol. The highest BCUT2D eigenvalue weighted by Gasteiger charge is 2.45. The lowest BCUT2D eigenvalue weighted by Gasteiger charge is -2.47. The van der Waals surface area contributed by atoms with Crippen molar-refractivity contribution in [2.45, 2.75) is 63.6 Å². The summed E-state index contributed by atoms with van der Waals surface area (Å²) < 4.78 is 0. The molecule has 1 aromatic rings. The third kappa shape index (κ3) is 2.76. The summed E-state index contributed by atoms with van der Waals surface area (Å²) in [4.78, 5) is 2.82. The van der Waals surface area contributed by atoms with Crippen LogP contribution in [0.1, 0.15) is 49.7 Å². The van der Waals surface area contributed by atoms with Gasteiger partial charge in [-0.15, -0.1) is 0 Å². The molecule has 3 fully saturated rings. The Morgan fingerprint density at radius 2 is 1.95 bits per heavy atom. The maximum Gasteiger partial charge on any atom is 0.0309 e. The molecule has 1 atom stereocenters. The number of nitrogens with one attached hydrogen (secondary N) is 1. The summed E-state index contributed by atoms with van der Waals surface area (Å²) >= 11 is 0. The number of nitrogens with zero attached hydrogens (tertiary/aromatic N) is 1. The molecule has 0 aromatic heterocycles. The van der Waals surface area contributed by atoms with Gasteiger partial charge in [0.25, 0.3) is 0 Å². The van der Waals surface area contributed by atoms with Crippen molar-refractivity contribution in [3.8, 4) is 0 Å². The first-order chi connectivity index (χ1) is 10.3. The maximum atomic E-state index is 3.95. The van der Waals surface area contributed by atoms with Crippen LogP contribution >= 0.6 is 0 Å². The molecule has 4 rings (SSSR count). The van der Waals surface area contributed by atoms with Crippen LogP contribution < -0.4 is 5.32 Å². The van der Waals surface area contributed by atoms with Gasteiger partial charge in [-0.1, -0.05) is 37.1 Å². The Bertz CT molecular complexity index is 500. The zero-order chi connectivity index (χ0) is 14.3. The molecule has 0 amide bonds. The smallest absolute Gasteiger partial charge is 0.0309 e. The molecule has 1 saturated heterocycles. The van der Waals surface area contributed by atoms with E-state index in [1.165, 1.54) is 62.7 Å². The fourth-order valence-electron chi connectivity index (χ4n) is 4.52. The van der Waals surface area contributed by atoms with E-state index in [0.29, 0.717) is 5.54 Å². The maximum absolute atomic E-state index is 3.95. The highest BCUT2D eigenvalue weighted by atomic mass is 15.3. The molecule has 1 aromatic carbocycles. The fraction of sp³-hybridized carbons (Fsp3) is 0.684. The van der Waals surface area contributed by atoms with Crippen molar-refractivity contribution >= 4 is 0 Å². The SMILES string of the molecule is Cc1ccccc1CN1CC2(CCCC2)NCC1C1CC1. The van der Waals surface area contributed by atoms with E-state index in [9.17, 15) is 0 Å². The Kier molecular flexibility index (Phi) is 3.55. The molecule has 1 spiro atoms. The Hall–Kier alpha value is -0.860. The van der Waals surface area contributed by atoms with E-state index in [1.54, 1.807) is 0 Å². The predicted octanol–water partition coefficient (Wildman–Crippen LogP) is 3.49. The van der Waals surface area contributed by atoms with Crippen LogP contribution in [0, 0.1) is 12.8 Å². The monoisotopic (exact) mass is 284 g/mol. The van der Waals surface area contributed by atoms with E-state index in [4.69, 9.17) is 0 Å². The van der Waals surface area contributed by atoms with Gasteiger partial charge in [0.2, 0.25) is 0 Å². The molecule has 1 N–H and O–H groups in total. The molecule has 2 nitrogen and oxygen atoms in total. The molecule has 0 radical (unpaired) electrons. The normalized spacial score (nSPS) is 29.1. The van der Waals surface area contributed by atoms with Gasteiger partial charge in [0, 0.05) is 31.2 Å². The lowest BCUT2D eigenvalue weighted by atomic mass is 9.90. The summed E-state index contributed by atoms with van der Waals surface area (Å²) in [6.45, 7) is 5.89. The van der Waals surface area contributed by atoms with Crippen LogP contribution in [0.15, 0.2) is 24.3 Å². The van der Waals surface area contributed by atoms with Crippen molar-refractivity contribution in [3.63, 3.8) is 0 Å². The molecule has 114 valence electrons. The molecule has 1 aliphatic heterocycles. The molecular weight excluding hydrogens is 256 g/mol. The number of hydrogen-bond acceptors (Lipinski definition) is 2. The van der Waals surface area contributed by atoms with E-state index in [1.807, 2.05) is 0 Å². The van der Waals surface area contributed by atoms with E-state index >= 15 is 0 Å². The average Bonchev–Trinajstić information content (AvgIpc) is 3.23. The van der Waals surface area contributed by atoms with Crippen LogP contribution in [0.25, 0.3) is 0 Å². The minimum absolute atomic E-state index is 0.439. The number of rotatable bonds is 3. The topological polar surface area (TPSA) is 15.3 Å². The van der Waals surface area contributed by atoms with Gasteiger partial charge in [0.15, 0.2) is 0 Å². The van der Waals surface area contributed by atoms with Gasteiger partial charge in [0.1, 0.15) is 0 Å². The van der Waals surface area contributed by atoms with Gasteiger partial charge in [-0.2, -0.15) is 0 Å². The van der Waals surface area contributed by atoms with Gasteiger partial charge in [-0.05, 0) is 49.7 Å². The van der Waals surface area contributed by atoms with Gasteiger partial charge in [0.05, 0.1) is 0 Å². The van der Waals surface area contributed by atoms with Crippen molar-refractivity contribution in [3.05, 3.63) is 35.4 Å². The molecule has 2 aliphatic carbocycles. The lowest BCUT2D eigenvalue weighted by molar-refractivity contribution is 0.0626. The summed E-state index contributed by atoms with van der Waals surface area (Å²) in [5, 5.41) is 3.95. The van der Waals surface area contributed by atoms with E-state index in [2.05, 4.69) is 41.4 Å². The molecule has 0 bridgehead atoms. The number of hydrogen-bond donors (Lipinski definition) is 1. The van der Waals surface area contributed by atoms with Crippen molar-refractivity contribution in [1.82, 2.24) is 10.2 Å². The summed E-state index contributed by atoms with van der Waals surface area (Å²) in [6.07, 6.45) is 8.50. The molecule has 21 heavy (non-hydrogen) atoms. The molecule has 1 unspecified atom stereocenters. The first kappa shape index (κ1) is 13.8.